The van der Waals surface area contributed by atoms with E-state index < -0.39 is 0 Å². The van der Waals surface area contributed by atoms with E-state index in [2.05, 4.69) is 41.2 Å². The summed E-state index contributed by atoms with van der Waals surface area (Å²) in [5, 5.41) is 7.70. The van der Waals surface area contributed by atoms with Gasteiger partial charge in [-0.15, -0.1) is 0 Å². The van der Waals surface area contributed by atoms with Gasteiger partial charge in [-0.3, -0.25) is 4.99 Å². The summed E-state index contributed by atoms with van der Waals surface area (Å²) in [7, 11) is 1.83. The molecule has 1 saturated heterocycles. The van der Waals surface area contributed by atoms with E-state index in [9.17, 15) is 0 Å². The van der Waals surface area contributed by atoms with Crippen LogP contribution in [-0.2, 0) is 6.54 Å². The highest BCUT2D eigenvalue weighted by Crippen LogP contribution is 2.13. The quantitative estimate of drug-likeness (QED) is 0.550. The highest BCUT2D eigenvalue weighted by atomic mass is 15.4. The number of nitrogens with one attached hydrogen (secondary N) is 1. The number of nitrogens with zero attached hydrogens (tertiary/aromatic N) is 7. The fourth-order valence-electron chi connectivity index (χ4n) is 3.30. The summed E-state index contributed by atoms with van der Waals surface area (Å²) in [5.41, 5.74) is 1.13. The maximum absolute atomic E-state index is 4.46. The van der Waals surface area contributed by atoms with Gasteiger partial charge in [-0.25, -0.2) is 14.6 Å². The van der Waals surface area contributed by atoms with Crippen LogP contribution in [0.2, 0.25) is 0 Å². The zero-order valence-corrected chi connectivity index (χ0v) is 15.9. The molecule has 1 N–H and O–H groups in total. The minimum Gasteiger partial charge on any atom is -0.353 e. The smallest absolute Gasteiger partial charge is 0.194 e. The second-order valence-corrected chi connectivity index (χ2v) is 6.54. The largest absolute Gasteiger partial charge is 0.353 e. The fourth-order valence-corrected chi connectivity index (χ4v) is 3.30. The van der Waals surface area contributed by atoms with E-state index in [0.717, 1.165) is 49.3 Å². The number of anilines is 1. The van der Waals surface area contributed by atoms with Crippen LogP contribution in [0.4, 0.5) is 5.82 Å². The molecular weight excluding hydrogens is 352 g/mol. The van der Waals surface area contributed by atoms with Gasteiger partial charge in [0, 0.05) is 64.6 Å². The Morgan fingerprint density at radius 3 is 2.57 bits per heavy atom. The van der Waals surface area contributed by atoms with E-state index in [-0.39, 0.29) is 0 Å². The fraction of sp³-hybridized carbons (Fsp3) is 0.300. The minimum atomic E-state index is 0.684. The van der Waals surface area contributed by atoms with Crippen LogP contribution in [0, 0.1) is 0 Å². The maximum atomic E-state index is 4.46. The lowest BCUT2D eigenvalue weighted by Crippen LogP contribution is -2.52. The van der Waals surface area contributed by atoms with E-state index in [1.807, 2.05) is 56.0 Å². The van der Waals surface area contributed by atoms with Crippen molar-refractivity contribution in [2.24, 2.45) is 4.99 Å². The number of aromatic nitrogens is 4. The molecule has 3 aromatic rings. The van der Waals surface area contributed by atoms with Gasteiger partial charge in [-0.05, 0) is 35.9 Å². The SMILES string of the molecule is CN=C(NCc1ccnc(-n2cccn2)c1)N1CCN(c2ccccn2)CC1. The number of guanidine groups is 1. The van der Waals surface area contributed by atoms with Crippen molar-refractivity contribution >= 4 is 11.8 Å². The highest BCUT2D eigenvalue weighted by Gasteiger charge is 2.20. The Morgan fingerprint density at radius 1 is 1.00 bits per heavy atom. The normalized spacial score (nSPS) is 15.0. The molecule has 0 saturated carbocycles. The molecule has 0 atom stereocenters. The van der Waals surface area contributed by atoms with Crippen LogP contribution in [0.25, 0.3) is 5.82 Å². The van der Waals surface area contributed by atoms with Gasteiger partial charge in [-0.2, -0.15) is 5.10 Å². The van der Waals surface area contributed by atoms with Crippen molar-refractivity contribution in [3.05, 3.63) is 66.7 Å². The number of pyridine rings is 2. The third-order valence-corrected chi connectivity index (χ3v) is 4.76. The standard InChI is InChI=1S/C20H24N8/c1-21-20(27-13-11-26(12-14-27)18-5-2-3-7-22-18)24-16-17-6-9-23-19(15-17)28-10-4-8-25-28/h2-10,15H,11-14,16H2,1H3,(H,21,24). The number of hydrogen-bond donors (Lipinski definition) is 1. The van der Waals surface area contributed by atoms with Crippen LogP contribution in [0.5, 0.6) is 0 Å². The highest BCUT2D eigenvalue weighted by molar-refractivity contribution is 5.80. The summed E-state index contributed by atoms with van der Waals surface area (Å²) >= 11 is 0. The molecule has 1 fully saturated rings. The molecule has 0 amide bonds. The Kier molecular flexibility index (Phi) is 5.46. The maximum Gasteiger partial charge on any atom is 0.194 e. The Hall–Kier alpha value is -3.42. The van der Waals surface area contributed by atoms with Crippen molar-refractivity contribution in [3.8, 4) is 5.82 Å². The molecule has 8 heteroatoms. The lowest BCUT2D eigenvalue weighted by Gasteiger charge is -2.37. The van der Waals surface area contributed by atoms with Gasteiger partial charge in [0.15, 0.2) is 11.8 Å². The molecule has 28 heavy (non-hydrogen) atoms. The third-order valence-electron chi connectivity index (χ3n) is 4.76. The Balaban J connectivity index is 1.34. The molecule has 4 heterocycles. The average Bonchev–Trinajstić information content (AvgIpc) is 3.31. The van der Waals surface area contributed by atoms with Crippen LogP contribution in [0.15, 0.2) is 66.2 Å². The van der Waals surface area contributed by atoms with E-state index in [0.29, 0.717) is 6.54 Å². The monoisotopic (exact) mass is 376 g/mol. The molecule has 0 aromatic carbocycles. The van der Waals surface area contributed by atoms with Crippen LogP contribution in [0.1, 0.15) is 5.56 Å². The third kappa shape index (κ3) is 4.11. The van der Waals surface area contributed by atoms with Crippen LogP contribution >= 0.6 is 0 Å². The molecule has 4 rings (SSSR count). The molecule has 0 unspecified atom stereocenters. The predicted molar refractivity (Wildman–Crippen MR) is 110 cm³/mol. The predicted octanol–water partition coefficient (Wildman–Crippen LogP) is 1.56. The van der Waals surface area contributed by atoms with Crippen molar-refractivity contribution in [1.82, 2.24) is 30.0 Å². The molecule has 0 spiro atoms. The van der Waals surface area contributed by atoms with Crippen LogP contribution in [-0.4, -0.2) is 63.8 Å². The summed E-state index contributed by atoms with van der Waals surface area (Å²) in [6.07, 6.45) is 7.29. The molecule has 3 aromatic heterocycles. The molecule has 0 bridgehead atoms. The summed E-state index contributed by atoms with van der Waals surface area (Å²) in [6.45, 7) is 4.35. The lowest BCUT2D eigenvalue weighted by atomic mass is 10.2. The molecule has 144 valence electrons. The number of hydrogen-bond acceptors (Lipinski definition) is 5. The van der Waals surface area contributed by atoms with Gasteiger partial charge < -0.3 is 15.1 Å². The summed E-state index contributed by atoms with van der Waals surface area (Å²) in [5.74, 6) is 2.76. The topological polar surface area (TPSA) is 74.5 Å². The minimum absolute atomic E-state index is 0.684. The first kappa shape index (κ1) is 18.0. The number of aliphatic imine (C=N–C) groups is 1. The summed E-state index contributed by atoms with van der Waals surface area (Å²) < 4.78 is 1.76. The Morgan fingerprint density at radius 2 is 1.86 bits per heavy atom. The van der Waals surface area contributed by atoms with Gasteiger partial charge in [0.25, 0.3) is 0 Å². The Labute approximate surface area is 164 Å². The molecule has 0 radical (unpaired) electrons. The van der Waals surface area contributed by atoms with E-state index in [1.165, 1.54) is 0 Å². The van der Waals surface area contributed by atoms with Gasteiger partial charge in [0.1, 0.15) is 5.82 Å². The van der Waals surface area contributed by atoms with Crippen LogP contribution in [0.3, 0.4) is 0 Å². The first-order valence-corrected chi connectivity index (χ1v) is 9.40. The second-order valence-electron chi connectivity index (χ2n) is 6.54. The van der Waals surface area contributed by atoms with Gasteiger partial charge >= 0.3 is 0 Å². The van der Waals surface area contributed by atoms with Crippen molar-refractivity contribution in [1.29, 1.82) is 0 Å². The number of rotatable bonds is 4. The first-order chi connectivity index (χ1) is 13.8. The van der Waals surface area contributed by atoms with Gasteiger partial charge in [0.05, 0.1) is 0 Å². The van der Waals surface area contributed by atoms with Gasteiger partial charge in [-0.1, -0.05) is 6.07 Å². The van der Waals surface area contributed by atoms with E-state index in [4.69, 9.17) is 0 Å². The van der Waals surface area contributed by atoms with E-state index in [1.54, 1.807) is 10.9 Å². The van der Waals surface area contributed by atoms with Crippen molar-refractivity contribution in [2.75, 3.05) is 38.1 Å². The van der Waals surface area contributed by atoms with Crippen molar-refractivity contribution in [2.45, 2.75) is 6.54 Å². The molecule has 0 aliphatic carbocycles. The van der Waals surface area contributed by atoms with Crippen molar-refractivity contribution in [3.63, 3.8) is 0 Å². The van der Waals surface area contributed by atoms with Gasteiger partial charge in [0.2, 0.25) is 0 Å². The lowest BCUT2D eigenvalue weighted by molar-refractivity contribution is 0.371. The summed E-state index contributed by atoms with van der Waals surface area (Å²) in [4.78, 5) is 17.9. The van der Waals surface area contributed by atoms with Crippen LogP contribution < -0.4 is 10.2 Å². The first-order valence-electron chi connectivity index (χ1n) is 9.40. The molecular formula is C20H24N8. The zero-order valence-electron chi connectivity index (χ0n) is 15.9. The second kappa shape index (κ2) is 8.51. The zero-order chi connectivity index (χ0) is 19.2. The summed E-state index contributed by atoms with van der Waals surface area (Å²) in [6, 6.07) is 12.0. The average molecular weight is 376 g/mol. The molecule has 8 nitrogen and oxygen atoms in total. The Bertz CT molecular complexity index is 899. The molecule has 1 aliphatic rings. The van der Waals surface area contributed by atoms with E-state index >= 15 is 0 Å². The van der Waals surface area contributed by atoms with Crippen molar-refractivity contribution < 1.29 is 0 Å². The molecule has 1 aliphatic heterocycles. The number of piperazine rings is 1.